The lowest BCUT2D eigenvalue weighted by atomic mass is 10.0. The summed E-state index contributed by atoms with van der Waals surface area (Å²) in [6.45, 7) is 7.29. The summed E-state index contributed by atoms with van der Waals surface area (Å²) in [6.07, 6.45) is 1.89. The number of hydrogen-bond acceptors (Lipinski definition) is 3. The van der Waals surface area contributed by atoms with Crippen molar-refractivity contribution in [3.63, 3.8) is 0 Å². The van der Waals surface area contributed by atoms with Gasteiger partial charge in [-0.25, -0.2) is 0 Å². The van der Waals surface area contributed by atoms with E-state index in [1.165, 1.54) is 6.42 Å². The van der Waals surface area contributed by atoms with Crippen molar-refractivity contribution < 1.29 is 14.4 Å². The monoisotopic (exact) mass is 446 g/mol. The first-order chi connectivity index (χ1) is 15.5. The molecule has 0 aliphatic carbocycles. The Labute approximate surface area is 196 Å². The van der Waals surface area contributed by atoms with Gasteiger partial charge in [-0.05, 0) is 57.0 Å². The Bertz CT molecular complexity index is 1010. The first kappa shape index (κ1) is 25.7. The number of carbonyl (C=O) groups is 3. The zero-order valence-corrected chi connectivity index (χ0v) is 19.6. The number of carbonyl (C=O) groups excluding carboxylic acids is 3. The number of nitrogens with one attached hydrogen (secondary N) is 2. The summed E-state index contributed by atoms with van der Waals surface area (Å²) in [5.74, 6) is 4.61. The molecule has 2 rings (SSSR count). The van der Waals surface area contributed by atoms with Gasteiger partial charge in [0.05, 0.1) is 6.42 Å². The zero-order valence-electron chi connectivity index (χ0n) is 19.6. The van der Waals surface area contributed by atoms with Gasteiger partial charge in [0.2, 0.25) is 17.7 Å². The van der Waals surface area contributed by atoms with Gasteiger partial charge in [0.15, 0.2) is 0 Å². The average molecular weight is 447 g/mol. The van der Waals surface area contributed by atoms with Crippen molar-refractivity contribution in [2.45, 2.75) is 52.1 Å². The van der Waals surface area contributed by atoms with Crippen molar-refractivity contribution in [2.24, 2.45) is 11.7 Å². The highest BCUT2D eigenvalue weighted by molar-refractivity contribution is 5.92. The highest BCUT2D eigenvalue weighted by atomic mass is 16.2. The molecule has 2 aromatic carbocycles. The van der Waals surface area contributed by atoms with Crippen LogP contribution in [0.25, 0.3) is 0 Å². The van der Waals surface area contributed by atoms with E-state index < -0.39 is 29.3 Å². The van der Waals surface area contributed by atoms with Gasteiger partial charge in [-0.1, -0.05) is 49.1 Å². The Morgan fingerprint density at radius 1 is 0.970 bits per heavy atom. The molecule has 2 unspecified atom stereocenters. The summed E-state index contributed by atoms with van der Waals surface area (Å²) < 4.78 is 0. The fraction of sp³-hybridized carbons (Fsp3) is 0.333. The minimum atomic E-state index is -0.766. The molecule has 33 heavy (non-hydrogen) atoms. The molecule has 0 bridgehead atoms. The van der Waals surface area contributed by atoms with Gasteiger partial charge in [-0.3, -0.25) is 14.4 Å². The molecule has 0 aliphatic rings. The number of benzene rings is 2. The highest BCUT2D eigenvalue weighted by Gasteiger charge is 2.25. The zero-order chi connectivity index (χ0) is 24.4. The number of rotatable bonds is 8. The minimum Gasteiger partial charge on any atom is -0.369 e. The van der Waals surface area contributed by atoms with Gasteiger partial charge in [0.25, 0.3) is 0 Å². The normalized spacial score (nSPS) is 12.6. The Morgan fingerprint density at radius 3 is 2.09 bits per heavy atom. The third-order valence-electron chi connectivity index (χ3n) is 4.79. The van der Waals surface area contributed by atoms with Crippen LogP contribution in [0, 0.1) is 24.2 Å². The molecule has 0 heterocycles. The number of primary amides is 1. The summed E-state index contributed by atoms with van der Waals surface area (Å²) in [7, 11) is 0. The fourth-order valence-corrected chi connectivity index (χ4v) is 2.92. The van der Waals surface area contributed by atoms with Gasteiger partial charge in [0, 0.05) is 29.0 Å². The van der Waals surface area contributed by atoms with E-state index in [4.69, 9.17) is 5.73 Å². The highest BCUT2D eigenvalue weighted by Crippen LogP contribution is 2.10. The topological polar surface area (TPSA) is 101 Å². The van der Waals surface area contributed by atoms with Crippen LogP contribution in [-0.4, -0.2) is 29.3 Å². The molecule has 0 aromatic heterocycles. The van der Waals surface area contributed by atoms with Crippen molar-refractivity contribution in [3.8, 4) is 11.8 Å². The molecular formula is C27H32N3O3. The van der Waals surface area contributed by atoms with Crippen LogP contribution in [0.15, 0.2) is 54.6 Å². The number of hydrogen-bond donors (Lipinski definition) is 3. The quantitative estimate of drug-likeness (QED) is 0.544. The van der Waals surface area contributed by atoms with Gasteiger partial charge < -0.3 is 16.4 Å². The van der Waals surface area contributed by atoms with Crippen LogP contribution < -0.4 is 16.4 Å². The fourth-order valence-electron chi connectivity index (χ4n) is 2.92. The lowest BCUT2D eigenvalue weighted by Crippen LogP contribution is -2.53. The van der Waals surface area contributed by atoms with Gasteiger partial charge >= 0.3 is 0 Å². The van der Waals surface area contributed by atoms with Crippen LogP contribution in [0.3, 0.4) is 0 Å². The maximum Gasteiger partial charge on any atom is 0.243 e. The number of amides is 3. The second-order valence-electron chi connectivity index (χ2n) is 9.06. The molecule has 4 N–H and O–H groups in total. The molecule has 2 aromatic rings. The minimum absolute atomic E-state index is 0.212. The predicted molar refractivity (Wildman–Crippen MR) is 130 cm³/mol. The number of nitrogens with two attached hydrogens (primary N) is 1. The first-order valence-electron chi connectivity index (χ1n) is 10.9. The molecule has 6 nitrogen and oxygen atoms in total. The lowest BCUT2D eigenvalue weighted by molar-refractivity contribution is -0.128. The van der Waals surface area contributed by atoms with E-state index in [9.17, 15) is 14.4 Å². The van der Waals surface area contributed by atoms with E-state index in [1.807, 2.05) is 75.4 Å². The van der Waals surface area contributed by atoms with Crippen LogP contribution >= 0.6 is 0 Å². The maximum absolute atomic E-state index is 12.8. The van der Waals surface area contributed by atoms with Crippen LogP contribution in [0.5, 0.6) is 0 Å². The van der Waals surface area contributed by atoms with Crippen molar-refractivity contribution in [1.82, 2.24) is 10.6 Å². The third kappa shape index (κ3) is 9.61. The smallest absolute Gasteiger partial charge is 0.243 e. The van der Waals surface area contributed by atoms with Gasteiger partial charge in [-0.2, -0.15) is 0 Å². The second-order valence-corrected chi connectivity index (χ2v) is 9.06. The summed E-state index contributed by atoms with van der Waals surface area (Å²) >= 11 is 0. The van der Waals surface area contributed by atoms with Crippen LogP contribution in [0.1, 0.15) is 50.8 Å². The van der Waals surface area contributed by atoms with E-state index in [2.05, 4.69) is 22.5 Å². The Morgan fingerprint density at radius 2 is 1.55 bits per heavy atom. The Hall–Kier alpha value is -3.59. The van der Waals surface area contributed by atoms with Crippen molar-refractivity contribution >= 4 is 17.7 Å². The molecule has 0 saturated heterocycles. The van der Waals surface area contributed by atoms with Crippen molar-refractivity contribution in [3.05, 3.63) is 77.7 Å². The van der Waals surface area contributed by atoms with E-state index in [-0.39, 0.29) is 12.3 Å². The predicted octanol–water partition coefficient (Wildman–Crippen LogP) is 2.74. The molecular weight excluding hydrogens is 414 g/mol. The average Bonchev–Trinajstić information content (AvgIpc) is 2.76. The van der Waals surface area contributed by atoms with Crippen LogP contribution in [0.4, 0.5) is 0 Å². The van der Waals surface area contributed by atoms with E-state index in [0.29, 0.717) is 6.42 Å². The molecule has 0 spiro atoms. The van der Waals surface area contributed by atoms with Crippen LogP contribution in [0.2, 0.25) is 0 Å². The molecule has 6 heteroatoms. The molecule has 1 radical (unpaired) electrons. The van der Waals surface area contributed by atoms with E-state index in [0.717, 1.165) is 16.7 Å². The summed E-state index contributed by atoms with van der Waals surface area (Å²) in [5.41, 5.74) is 7.48. The molecule has 3 amide bonds. The maximum atomic E-state index is 12.8. The van der Waals surface area contributed by atoms with Gasteiger partial charge in [-0.15, -0.1) is 0 Å². The summed E-state index contributed by atoms with van der Waals surface area (Å²) in [6, 6.07) is 16.5. The van der Waals surface area contributed by atoms with Crippen molar-refractivity contribution in [2.75, 3.05) is 0 Å². The van der Waals surface area contributed by atoms with Crippen molar-refractivity contribution in [1.29, 1.82) is 0 Å². The van der Waals surface area contributed by atoms with Gasteiger partial charge in [0.1, 0.15) is 6.04 Å². The standard InChI is InChI=1S/C27H32N3O3/c1-19(25(28)32)10-17-24(31)29-23(26(33)30-27(2,3)4)18-22-15-13-21(14-16-22)12-11-20-8-6-5-7-9-20/h5-9,13-17,19,23H,10,18H2,1-4H3,(H2,28,32)(H,29,31)(H,30,33). The molecule has 173 valence electrons. The van der Waals surface area contributed by atoms with E-state index in [1.54, 1.807) is 6.92 Å². The molecule has 0 saturated carbocycles. The Kier molecular flexibility index (Phi) is 9.23. The molecule has 2 atom stereocenters. The molecule has 0 aliphatic heterocycles. The molecule has 0 fully saturated rings. The summed E-state index contributed by atoms with van der Waals surface area (Å²) in [4.78, 5) is 36.4. The van der Waals surface area contributed by atoms with E-state index >= 15 is 0 Å². The SMILES string of the molecule is CC(C[CH]C(=O)NC(Cc1ccc(C#Cc2ccccc2)cc1)C(=O)NC(C)(C)C)C(N)=O. The first-order valence-corrected chi connectivity index (χ1v) is 10.9. The lowest BCUT2D eigenvalue weighted by Gasteiger charge is -2.25. The largest absolute Gasteiger partial charge is 0.369 e. The second kappa shape index (κ2) is 11.9. The van der Waals surface area contributed by atoms with Crippen LogP contribution in [-0.2, 0) is 20.8 Å². The third-order valence-corrected chi connectivity index (χ3v) is 4.79. The summed E-state index contributed by atoms with van der Waals surface area (Å²) in [5, 5.41) is 5.67. The Balaban J connectivity index is 2.08.